The molecule has 0 atom stereocenters. The van der Waals surface area contributed by atoms with E-state index in [1.807, 2.05) is 19.1 Å². The van der Waals surface area contributed by atoms with Gasteiger partial charge in [0.05, 0.1) is 4.90 Å². The lowest BCUT2D eigenvalue weighted by Gasteiger charge is -2.19. The fourth-order valence-electron chi connectivity index (χ4n) is 2.24. The van der Waals surface area contributed by atoms with Gasteiger partial charge in [0, 0.05) is 11.3 Å². The second-order valence-corrected chi connectivity index (χ2v) is 9.02. The molecule has 0 aliphatic carbocycles. The molecule has 0 aromatic heterocycles. The van der Waals surface area contributed by atoms with E-state index in [-0.39, 0.29) is 10.8 Å². The first-order valence-corrected chi connectivity index (χ1v) is 10.1. The van der Waals surface area contributed by atoms with Crippen molar-refractivity contribution in [3.05, 3.63) is 59.7 Å². The number of ether oxygens (including phenoxy) is 1. The van der Waals surface area contributed by atoms with Gasteiger partial charge in [-0.15, -0.1) is 0 Å². The highest BCUT2D eigenvalue weighted by Gasteiger charge is 2.20. The number of esters is 1. The molecular weight excluding hydrogens is 380 g/mol. The molecule has 0 bridgehead atoms. The first-order valence-electron chi connectivity index (χ1n) is 8.66. The maximum absolute atomic E-state index is 12.3. The van der Waals surface area contributed by atoms with Gasteiger partial charge in [0.25, 0.3) is 5.91 Å². The summed E-state index contributed by atoms with van der Waals surface area (Å²) in [5.41, 5.74) is 1.31. The summed E-state index contributed by atoms with van der Waals surface area (Å²) in [7, 11) is -3.88. The molecular formula is C20H24N2O5S. The monoisotopic (exact) mass is 404 g/mol. The van der Waals surface area contributed by atoms with E-state index in [0.29, 0.717) is 11.3 Å². The first kappa shape index (κ1) is 21.6. The summed E-state index contributed by atoms with van der Waals surface area (Å²) in [5.74, 6) is -0.961. The van der Waals surface area contributed by atoms with Crippen LogP contribution in [0.2, 0.25) is 0 Å². The van der Waals surface area contributed by atoms with Gasteiger partial charge in [0.1, 0.15) is 12.1 Å². The molecule has 0 aliphatic heterocycles. The summed E-state index contributed by atoms with van der Waals surface area (Å²) in [6, 6.07) is 12.8. The molecule has 2 N–H and O–H groups in total. The lowest BCUT2D eigenvalue weighted by Crippen LogP contribution is -2.34. The van der Waals surface area contributed by atoms with Gasteiger partial charge < -0.3 is 10.1 Å². The van der Waals surface area contributed by atoms with Crippen molar-refractivity contribution < 1.29 is 22.7 Å². The Balaban J connectivity index is 1.99. The van der Waals surface area contributed by atoms with Gasteiger partial charge in [0.2, 0.25) is 10.0 Å². The summed E-state index contributed by atoms with van der Waals surface area (Å²) >= 11 is 0. The van der Waals surface area contributed by atoms with E-state index < -0.39 is 28.1 Å². The average molecular weight is 404 g/mol. The molecule has 2 rings (SSSR count). The lowest BCUT2D eigenvalue weighted by molar-refractivity contribution is -0.153. The molecule has 0 fully saturated rings. The van der Waals surface area contributed by atoms with Crippen LogP contribution in [0.3, 0.4) is 0 Å². The van der Waals surface area contributed by atoms with Crippen LogP contribution in [0.1, 0.15) is 36.7 Å². The van der Waals surface area contributed by atoms with Gasteiger partial charge in [-0.3, -0.25) is 9.59 Å². The highest BCUT2D eigenvalue weighted by Crippen LogP contribution is 2.15. The standard InChI is InChI=1S/C20H24N2O5S/c1-14-5-7-15(8-6-14)19(24)22-16-9-11-17(12-10-16)28(25,26)21-13-18(23)27-20(2,3)4/h5-12,21H,13H2,1-4H3,(H,22,24). The summed E-state index contributed by atoms with van der Waals surface area (Å²) in [5, 5.41) is 2.70. The number of sulfonamides is 1. The Labute approximate surface area is 165 Å². The normalized spacial score (nSPS) is 11.7. The van der Waals surface area contributed by atoms with Crippen molar-refractivity contribution >= 4 is 27.6 Å². The SMILES string of the molecule is Cc1ccc(C(=O)Nc2ccc(S(=O)(=O)NCC(=O)OC(C)(C)C)cc2)cc1. The highest BCUT2D eigenvalue weighted by atomic mass is 32.2. The Kier molecular flexibility index (Phi) is 6.58. The van der Waals surface area contributed by atoms with Gasteiger partial charge >= 0.3 is 5.97 Å². The quantitative estimate of drug-likeness (QED) is 0.721. The predicted molar refractivity (Wildman–Crippen MR) is 107 cm³/mol. The molecule has 0 saturated heterocycles. The van der Waals surface area contributed by atoms with Crippen LogP contribution in [0.25, 0.3) is 0 Å². The predicted octanol–water partition coefficient (Wildman–Crippen LogP) is 2.87. The first-order chi connectivity index (χ1) is 13.0. The maximum Gasteiger partial charge on any atom is 0.321 e. The van der Waals surface area contributed by atoms with Crippen LogP contribution in [0.4, 0.5) is 5.69 Å². The van der Waals surface area contributed by atoms with Crippen molar-refractivity contribution in [2.75, 3.05) is 11.9 Å². The molecule has 28 heavy (non-hydrogen) atoms. The zero-order chi connectivity index (χ0) is 20.9. The molecule has 0 heterocycles. The molecule has 1 amide bonds. The Morgan fingerprint density at radius 2 is 1.54 bits per heavy atom. The third-order valence-corrected chi connectivity index (χ3v) is 4.98. The van der Waals surface area contributed by atoms with E-state index in [9.17, 15) is 18.0 Å². The number of benzene rings is 2. The molecule has 0 saturated carbocycles. The van der Waals surface area contributed by atoms with Crippen LogP contribution in [0, 0.1) is 6.92 Å². The Hall–Kier alpha value is -2.71. The van der Waals surface area contributed by atoms with Crippen molar-refractivity contribution in [2.24, 2.45) is 0 Å². The van der Waals surface area contributed by atoms with E-state index in [0.717, 1.165) is 5.56 Å². The Bertz CT molecular complexity index is 944. The van der Waals surface area contributed by atoms with E-state index in [4.69, 9.17) is 4.74 Å². The number of hydrogen-bond acceptors (Lipinski definition) is 5. The number of carbonyl (C=O) groups is 2. The third-order valence-electron chi connectivity index (χ3n) is 3.56. The largest absolute Gasteiger partial charge is 0.459 e. The van der Waals surface area contributed by atoms with E-state index >= 15 is 0 Å². The third kappa shape index (κ3) is 6.47. The molecule has 0 radical (unpaired) electrons. The van der Waals surface area contributed by atoms with Crippen LogP contribution in [0.15, 0.2) is 53.4 Å². The fourth-order valence-corrected chi connectivity index (χ4v) is 3.21. The van der Waals surface area contributed by atoms with E-state index in [2.05, 4.69) is 10.0 Å². The van der Waals surface area contributed by atoms with Crippen LogP contribution >= 0.6 is 0 Å². The topological polar surface area (TPSA) is 102 Å². The summed E-state index contributed by atoms with van der Waals surface area (Å²) in [4.78, 5) is 23.9. The van der Waals surface area contributed by atoms with E-state index in [1.165, 1.54) is 24.3 Å². The molecule has 0 aliphatic rings. The second kappa shape index (κ2) is 8.53. The molecule has 150 valence electrons. The minimum Gasteiger partial charge on any atom is -0.459 e. The highest BCUT2D eigenvalue weighted by molar-refractivity contribution is 7.89. The lowest BCUT2D eigenvalue weighted by atomic mass is 10.1. The van der Waals surface area contributed by atoms with Crippen molar-refractivity contribution in [3.8, 4) is 0 Å². The number of nitrogens with one attached hydrogen (secondary N) is 2. The number of aryl methyl sites for hydroxylation is 1. The summed E-state index contributed by atoms with van der Waals surface area (Å²) in [6.07, 6.45) is 0. The molecule has 7 nitrogen and oxygen atoms in total. The van der Waals surface area contributed by atoms with Crippen molar-refractivity contribution in [2.45, 2.75) is 38.2 Å². The van der Waals surface area contributed by atoms with Crippen molar-refractivity contribution in [3.63, 3.8) is 0 Å². The number of anilines is 1. The van der Waals surface area contributed by atoms with Crippen molar-refractivity contribution in [1.82, 2.24) is 4.72 Å². The van der Waals surface area contributed by atoms with Gasteiger partial charge in [-0.1, -0.05) is 17.7 Å². The number of rotatable bonds is 6. The molecule has 2 aromatic carbocycles. The van der Waals surface area contributed by atoms with E-state index in [1.54, 1.807) is 32.9 Å². The van der Waals surface area contributed by atoms with Crippen LogP contribution in [-0.4, -0.2) is 32.4 Å². The van der Waals surface area contributed by atoms with Gasteiger partial charge in [-0.25, -0.2) is 8.42 Å². The van der Waals surface area contributed by atoms with Gasteiger partial charge in [-0.05, 0) is 64.1 Å². The van der Waals surface area contributed by atoms with Gasteiger partial charge in [0.15, 0.2) is 0 Å². The number of hydrogen-bond donors (Lipinski definition) is 2. The Morgan fingerprint density at radius 1 is 0.964 bits per heavy atom. The zero-order valence-electron chi connectivity index (χ0n) is 16.3. The molecule has 0 unspecified atom stereocenters. The molecule has 2 aromatic rings. The zero-order valence-corrected chi connectivity index (χ0v) is 17.1. The van der Waals surface area contributed by atoms with Crippen molar-refractivity contribution in [1.29, 1.82) is 0 Å². The summed E-state index contributed by atoms with van der Waals surface area (Å²) in [6.45, 7) is 6.55. The van der Waals surface area contributed by atoms with Crippen LogP contribution in [0.5, 0.6) is 0 Å². The van der Waals surface area contributed by atoms with Crippen LogP contribution < -0.4 is 10.0 Å². The summed E-state index contributed by atoms with van der Waals surface area (Å²) < 4.78 is 31.8. The minimum absolute atomic E-state index is 0.0237. The smallest absolute Gasteiger partial charge is 0.321 e. The van der Waals surface area contributed by atoms with Crippen LogP contribution in [-0.2, 0) is 19.6 Å². The second-order valence-electron chi connectivity index (χ2n) is 7.26. The van der Waals surface area contributed by atoms with Gasteiger partial charge in [-0.2, -0.15) is 4.72 Å². The average Bonchev–Trinajstić information content (AvgIpc) is 2.60. The maximum atomic E-state index is 12.3. The molecule has 0 spiro atoms. The Morgan fingerprint density at radius 3 is 2.07 bits per heavy atom. The number of carbonyl (C=O) groups excluding carboxylic acids is 2. The minimum atomic E-state index is -3.88. The molecule has 8 heteroatoms. The number of amides is 1. The fraction of sp³-hybridized carbons (Fsp3) is 0.300.